The predicted molar refractivity (Wildman–Crippen MR) is 121 cm³/mol. The van der Waals surface area contributed by atoms with E-state index in [1.807, 2.05) is 6.92 Å². The predicted octanol–water partition coefficient (Wildman–Crippen LogP) is 5.70. The molecule has 1 unspecified atom stereocenters. The summed E-state index contributed by atoms with van der Waals surface area (Å²) in [5, 5.41) is 3.28. The Balaban J connectivity index is 1.78. The first kappa shape index (κ1) is 20.1. The summed E-state index contributed by atoms with van der Waals surface area (Å²) >= 11 is 13.6. The Morgan fingerprint density at radius 2 is 2.00 bits per heavy atom. The van der Waals surface area contributed by atoms with Gasteiger partial charge in [-0.15, -0.1) is 11.3 Å². The number of carbonyl (C=O) groups excluding carboxylic acids is 1. The number of fused-ring (bicyclic) bond motifs is 2. The molecule has 2 aromatic carbocycles. The average Bonchev–Trinajstić information content (AvgIpc) is 3.37. The second-order valence-electron chi connectivity index (χ2n) is 6.83. The normalized spacial score (nSPS) is 15.5. The molecule has 0 N–H and O–H groups in total. The number of thiazole rings is 1. The minimum Gasteiger partial charge on any atom is -0.494 e. The highest BCUT2D eigenvalue weighted by atomic mass is 35.5. The van der Waals surface area contributed by atoms with Crippen LogP contribution in [-0.4, -0.2) is 17.5 Å². The van der Waals surface area contributed by atoms with Crippen LogP contribution in [0.1, 0.15) is 34.6 Å². The number of amides is 1. The van der Waals surface area contributed by atoms with Crippen LogP contribution in [0.3, 0.4) is 0 Å². The van der Waals surface area contributed by atoms with Crippen molar-refractivity contribution in [2.45, 2.75) is 13.0 Å². The molecule has 0 fully saturated rings. The lowest BCUT2D eigenvalue weighted by Gasteiger charge is -2.22. The molecule has 1 amide bonds. The Kier molecular flexibility index (Phi) is 4.97. The molecule has 2 aromatic heterocycles. The molecule has 0 radical (unpaired) electrons. The lowest BCUT2D eigenvalue weighted by atomic mass is 9.98. The van der Waals surface area contributed by atoms with Crippen molar-refractivity contribution in [3.63, 3.8) is 0 Å². The van der Waals surface area contributed by atoms with Crippen LogP contribution in [0, 0.1) is 0 Å². The summed E-state index contributed by atoms with van der Waals surface area (Å²) in [6, 6.07) is 9.26. The standard InChI is InChI=1S/C22H14Cl2N2O4S/c1-2-29-12-4-5-13-16(10-12)30-20-17(19(13)27)18(11-3-6-14(23)15(24)9-11)26(21(20)28)22-25-7-8-31-22/h3-10,18H,2H2,1H3. The van der Waals surface area contributed by atoms with Gasteiger partial charge in [0.2, 0.25) is 5.76 Å². The van der Waals surface area contributed by atoms with Gasteiger partial charge in [0.15, 0.2) is 10.6 Å². The monoisotopic (exact) mass is 472 g/mol. The maximum absolute atomic E-state index is 13.5. The number of aromatic nitrogens is 1. The summed E-state index contributed by atoms with van der Waals surface area (Å²) in [5.74, 6) is 0.0978. The van der Waals surface area contributed by atoms with Crippen LogP contribution < -0.4 is 15.1 Å². The minimum atomic E-state index is -0.740. The van der Waals surface area contributed by atoms with Crippen molar-refractivity contribution >= 4 is 56.5 Å². The van der Waals surface area contributed by atoms with Crippen molar-refractivity contribution in [2.24, 2.45) is 0 Å². The van der Waals surface area contributed by atoms with Crippen LogP contribution in [-0.2, 0) is 0 Å². The van der Waals surface area contributed by atoms with E-state index < -0.39 is 11.9 Å². The Hall–Kier alpha value is -2.87. The van der Waals surface area contributed by atoms with Crippen LogP contribution in [0.2, 0.25) is 10.0 Å². The van der Waals surface area contributed by atoms with E-state index in [9.17, 15) is 9.59 Å². The van der Waals surface area contributed by atoms with Crippen LogP contribution in [0.5, 0.6) is 5.75 Å². The Morgan fingerprint density at radius 3 is 2.71 bits per heavy atom. The van der Waals surface area contributed by atoms with E-state index in [1.54, 1.807) is 48.0 Å². The lowest BCUT2D eigenvalue weighted by molar-refractivity contribution is 0.0971. The van der Waals surface area contributed by atoms with Gasteiger partial charge in [-0.1, -0.05) is 29.3 Å². The van der Waals surface area contributed by atoms with Gasteiger partial charge in [-0.25, -0.2) is 4.98 Å². The Labute approximate surface area is 190 Å². The van der Waals surface area contributed by atoms with Crippen molar-refractivity contribution in [1.82, 2.24) is 4.98 Å². The van der Waals surface area contributed by atoms with Crippen molar-refractivity contribution in [3.05, 3.63) is 85.1 Å². The zero-order valence-corrected chi connectivity index (χ0v) is 18.4. The quantitative estimate of drug-likeness (QED) is 0.380. The molecule has 0 saturated carbocycles. The fraction of sp³-hybridized carbons (Fsp3) is 0.136. The summed E-state index contributed by atoms with van der Waals surface area (Å²) < 4.78 is 11.5. The van der Waals surface area contributed by atoms with Gasteiger partial charge in [0.05, 0.1) is 33.6 Å². The molecular weight excluding hydrogens is 459 g/mol. The number of anilines is 1. The van der Waals surface area contributed by atoms with E-state index in [1.165, 1.54) is 16.2 Å². The molecule has 1 atom stereocenters. The highest BCUT2D eigenvalue weighted by Crippen LogP contribution is 2.43. The molecule has 156 valence electrons. The van der Waals surface area contributed by atoms with Gasteiger partial charge in [0.25, 0.3) is 5.91 Å². The number of hydrogen-bond acceptors (Lipinski definition) is 6. The van der Waals surface area contributed by atoms with Gasteiger partial charge < -0.3 is 9.15 Å². The van der Waals surface area contributed by atoms with E-state index in [2.05, 4.69) is 4.98 Å². The first-order valence-corrected chi connectivity index (χ1v) is 11.0. The summed E-state index contributed by atoms with van der Waals surface area (Å²) in [4.78, 5) is 32.7. The first-order chi connectivity index (χ1) is 15.0. The van der Waals surface area contributed by atoms with Gasteiger partial charge in [-0.3, -0.25) is 14.5 Å². The molecule has 31 heavy (non-hydrogen) atoms. The number of benzene rings is 2. The summed E-state index contributed by atoms with van der Waals surface area (Å²) in [6.45, 7) is 2.33. The molecule has 1 aliphatic rings. The molecular formula is C22H14Cl2N2O4S. The smallest absolute Gasteiger partial charge is 0.297 e. The molecule has 6 nitrogen and oxygen atoms in total. The molecule has 0 saturated heterocycles. The Bertz CT molecular complexity index is 1380. The van der Waals surface area contributed by atoms with E-state index in [4.69, 9.17) is 32.4 Å². The fourth-order valence-electron chi connectivity index (χ4n) is 3.74. The minimum absolute atomic E-state index is 0.0163. The molecule has 1 aliphatic heterocycles. The number of ether oxygens (including phenoxy) is 1. The van der Waals surface area contributed by atoms with Crippen molar-refractivity contribution in [1.29, 1.82) is 0 Å². The van der Waals surface area contributed by atoms with E-state index in [0.29, 0.717) is 38.5 Å². The van der Waals surface area contributed by atoms with Crippen LogP contribution >= 0.6 is 34.5 Å². The van der Waals surface area contributed by atoms with Gasteiger partial charge in [0.1, 0.15) is 11.3 Å². The van der Waals surface area contributed by atoms with Crippen LogP contribution in [0.4, 0.5) is 5.13 Å². The highest BCUT2D eigenvalue weighted by Gasteiger charge is 2.44. The van der Waals surface area contributed by atoms with Crippen LogP contribution in [0.15, 0.2) is 57.2 Å². The largest absolute Gasteiger partial charge is 0.494 e. The number of rotatable bonds is 4. The topological polar surface area (TPSA) is 72.6 Å². The summed E-state index contributed by atoms with van der Waals surface area (Å²) in [6.07, 6.45) is 1.60. The maximum atomic E-state index is 13.5. The highest BCUT2D eigenvalue weighted by molar-refractivity contribution is 7.13. The molecule has 4 aromatic rings. The Morgan fingerprint density at radius 1 is 1.16 bits per heavy atom. The maximum Gasteiger partial charge on any atom is 0.297 e. The summed E-state index contributed by atoms with van der Waals surface area (Å²) in [7, 11) is 0. The molecule has 5 rings (SSSR count). The SMILES string of the molecule is CCOc1ccc2c(=O)c3c(oc2c1)C(=O)N(c1nccs1)C3c1ccc(Cl)c(Cl)c1. The lowest BCUT2D eigenvalue weighted by Crippen LogP contribution is -2.29. The second-order valence-corrected chi connectivity index (χ2v) is 8.52. The average molecular weight is 473 g/mol. The van der Waals surface area contributed by atoms with E-state index in [-0.39, 0.29) is 22.3 Å². The van der Waals surface area contributed by atoms with Crippen LogP contribution in [0.25, 0.3) is 11.0 Å². The number of hydrogen-bond donors (Lipinski definition) is 0. The third-order valence-corrected chi connectivity index (χ3v) is 6.55. The number of nitrogens with zero attached hydrogens (tertiary/aromatic N) is 2. The first-order valence-electron chi connectivity index (χ1n) is 9.41. The molecule has 0 aliphatic carbocycles. The van der Waals surface area contributed by atoms with Crippen molar-refractivity contribution in [3.8, 4) is 5.75 Å². The van der Waals surface area contributed by atoms with Gasteiger partial charge in [-0.05, 0) is 36.8 Å². The molecule has 0 bridgehead atoms. The number of carbonyl (C=O) groups is 1. The number of halogens is 2. The van der Waals surface area contributed by atoms with Crippen molar-refractivity contribution < 1.29 is 13.9 Å². The zero-order valence-electron chi connectivity index (χ0n) is 16.1. The second kappa shape index (κ2) is 7.67. The van der Waals surface area contributed by atoms with E-state index >= 15 is 0 Å². The third kappa shape index (κ3) is 3.20. The molecule has 3 heterocycles. The van der Waals surface area contributed by atoms with Gasteiger partial charge >= 0.3 is 0 Å². The molecule has 0 spiro atoms. The van der Waals surface area contributed by atoms with Crippen molar-refractivity contribution in [2.75, 3.05) is 11.5 Å². The molecule has 9 heteroatoms. The van der Waals surface area contributed by atoms with E-state index in [0.717, 1.165) is 0 Å². The fourth-order valence-corrected chi connectivity index (χ4v) is 4.71. The van der Waals surface area contributed by atoms with Gasteiger partial charge in [0, 0.05) is 17.6 Å². The van der Waals surface area contributed by atoms with Gasteiger partial charge in [-0.2, -0.15) is 0 Å². The zero-order chi connectivity index (χ0) is 21.7. The third-order valence-electron chi connectivity index (χ3n) is 5.04. The summed E-state index contributed by atoms with van der Waals surface area (Å²) in [5.41, 5.74) is 0.879.